The van der Waals surface area contributed by atoms with E-state index < -0.39 is 17.9 Å². The molecule has 1 atom stereocenters. The third-order valence-corrected chi connectivity index (χ3v) is 3.87. The Hall–Kier alpha value is -3.19. The number of rotatable bonds is 2. The van der Waals surface area contributed by atoms with Crippen molar-refractivity contribution in [2.75, 3.05) is 0 Å². The molecule has 0 fully saturated rings. The Morgan fingerprint density at radius 2 is 2.00 bits per heavy atom. The second-order valence-electron chi connectivity index (χ2n) is 5.20. The van der Waals surface area contributed by atoms with Gasteiger partial charge < -0.3 is 10.2 Å². The second kappa shape index (κ2) is 4.65. The first kappa shape index (κ1) is 13.5. The largest absolute Gasteiger partial charge is 0.438 e. The summed E-state index contributed by atoms with van der Waals surface area (Å²) in [5, 5.41) is 10.7. The van der Waals surface area contributed by atoms with Crippen LogP contribution in [0.5, 0.6) is 0 Å². The molecule has 0 saturated carbocycles. The van der Waals surface area contributed by atoms with Crippen LogP contribution in [0.1, 0.15) is 38.2 Å². The number of nitrogens with zero attached hydrogens (tertiary/aromatic N) is 2. The normalized spacial score (nSPS) is 16.8. The molecule has 1 unspecified atom stereocenters. The van der Waals surface area contributed by atoms with Gasteiger partial charge in [0.2, 0.25) is 11.8 Å². The number of hydrogen-bond acceptors (Lipinski definition) is 5. The van der Waals surface area contributed by atoms with E-state index in [1.807, 2.05) is 0 Å². The van der Waals surface area contributed by atoms with E-state index in [2.05, 4.69) is 4.98 Å². The van der Waals surface area contributed by atoms with Crippen molar-refractivity contribution in [3.05, 3.63) is 65.0 Å². The third-order valence-electron chi connectivity index (χ3n) is 3.87. The van der Waals surface area contributed by atoms with Crippen LogP contribution in [0.2, 0.25) is 0 Å². The number of carbonyl (C=O) groups is 2. The third kappa shape index (κ3) is 1.84. The van der Waals surface area contributed by atoms with Gasteiger partial charge in [-0.3, -0.25) is 14.8 Å². The number of nitrogens with two attached hydrogens (primary N) is 1. The average molecular weight is 309 g/mol. The van der Waals surface area contributed by atoms with Gasteiger partial charge in [-0.15, -0.1) is 0 Å². The van der Waals surface area contributed by atoms with Crippen LogP contribution in [-0.4, -0.2) is 27.1 Å². The number of aromatic nitrogens is 1. The van der Waals surface area contributed by atoms with Crippen molar-refractivity contribution in [2.45, 2.75) is 6.04 Å². The first-order chi connectivity index (χ1) is 11.1. The van der Waals surface area contributed by atoms with E-state index in [-0.39, 0.29) is 17.0 Å². The Morgan fingerprint density at radius 3 is 2.74 bits per heavy atom. The van der Waals surface area contributed by atoms with Gasteiger partial charge >= 0.3 is 0 Å². The predicted octanol–water partition coefficient (Wildman–Crippen LogP) is 1.86. The average Bonchev–Trinajstić information content (AvgIpc) is 3.07. The van der Waals surface area contributed by atoms with Crippen molar-refractivity contribution < 1.29 is 19.2 Å². The van der Waals surface area contributed by atoms with Gasteiger partial charge in [-0.1, -0.05) is 18.2 Å². The number of hydrogen-bond donors (Lipinski definition) is 2. The van der Waals surface area contributed by atoms with E-state index in [9.17, 15) is 14.8 Å². The summed E-state index contributed by atoms with van der Waals surface area (Å²) < 4.78 is 5.65. The highest BCUT2D eigenvalue weighted by Crippen LogP contribution is 2.39. The molecule has 3 aromatic rings. The molecule has 2 amide bonds. The minimum Gasteiger partial charge on any atom is -0.438 e. The predicted molar refractivity (Wildman–Crippen MR) is 78.8 cm³/mol. The Balaban J connectivity index is 1.97. The molecule has 23 heavy (non-hydrogen) atoms. The summed E-state index contributed by atoms with van der Waals surface area (Å²) in [5.41, 5.74) is 7.17. The zero-order valence-corrected chi connectivity index (χ0v) is 11.8. The molecule has 0 bridgehead atoms. The molecule has 2 aromatic carbocycles. The Morgan fingerprint density at radius 1 is 1.22 bits per heavy atom. The molecular weight excluding hydrogens is 298 g/mol. The molecule has 1 aromatic heterocycles. The molecule has 0 radical (unpaired) electrons. The summed E-state index contributed by atoms with van der Waals surface area (Å²) in [6, 6.07) is 10.6. The molecule has 1 aliphatic rings. The van der Waals surface area contributed by atoms with E-state index in [1.165, 1.54) is 12.1 Å². The standard InChI is InChI=1S/C16H11N3O4/c17-14(20)8-4-3-5-9-12(8)13(19(22)16(9)21)15-18-10-6-1-2-7-11(10)23-15/h1-7,13,22H,(H2,17,20). The summed E-state index contributed by atoms with van der Waals surface area (Å²) in [5.74, 6) is -1.20. The molecular formula is C16H11N3O4. The van der Waals surface area contributed by atoms with Crippen LogP contribution >= 0.6 is 0 Å². The van der Waals surface area contributed by atoms with E-state index >= 15 is 0 Å². The summed E-state index contributed by atoms with van der Waals surface area (Å²) in [4.78, 5) is 28.2. The monoisotopic (exact) mass is 309 g/mol. The van der Waals surface area contributed by atoms with Gasteiger partial charge in [-0.2, -0.15) is 0 Å². The topological polar surface area (TPSA) is 110 Å². The Kier molecular flexibility index (Phi) is 2.73. The van der Waals surface area contributed by atoms with Gasteiger partial charge in [0.1, 0.15) is 5.52 Å². The molecule has 0 aliphatic carbocycles. The van der Waals surface area contributed by atoms with Gasteiger partial charge in [-0.25, -0.2) is 10.0 Å². The molecule has 0 spiro atoms. The van der Waals surface area contributed by atoms with Gasteiger partial charge in [-0.05, 0) is 24.3 Å². The van der Waals surface area contributed by atoms with Crippen molar-refractivity contribution in [2.24, 2.45) is 5.73 Å². The lowest BCUT2D eigenvalue weighted by molar-refractivity contribution is -0.0773. The van der Waals surface area contributed by atoms with Gasteiger partial charge in [0.15, 0.2) is 11.6 Å². The lowest BCUT2D eigenvalue weighted by Gasteiger charge is -2.16. The molecule has 0 saturated heterocycles. The fourth-order valence-corrected chi connectivity index (χ4v) is 2.86. The maximum Gasteiger partial charge on any atom is 0.278 e. The van der Waals surface area contributed by atoms with Crippen LogP contribution in [0.15, 0.2) is 46.9 Å². The van der Waals surface area contributed by atoms with Crippen molar-refractivity contribution in [3.8, 4) is 0 Å². The fourth-order valence-electron chi connectivity index (χ4n) is 2.86. The quantitative estimate of drug-likeness (QED) is 0.702. The maximum atomic E-state index is 12.2. The highest BCUT2D eigenvalue weighted by molar-refractivity contribution is 6.04. The number of carbonyl (C=O) groups excluding carboxylic acids is 2. The minimum absolute atomic E-state index is 0.120. The number of fused-ring (bicyclic) bond motifs is 2. The van der Waals surface area contributed by atoms with Gasteiger partial charge in [0.25, 0.3) is 5.91 Å². The van der Waals surface area contributed by atoms with Crippen LogP contribution in [0.3, 0.4) is 0 Å². The SMILES string of the molecule is NC(=O)c1cccc2c1C(c1nc3ccccc3o1)N(O)C2=O. The molecule has 7 nitrogen and oxygen atoms in total. The maximum absolute atomic E-state index is 12.2. The van der Waals surface area contributed by atoms with Crippen LogP contribution in [0, 0.1) is 0 Å². The van der Waals surface area contributed by atoms with Crippen LogP contribution in [0.25, 0.3) is 11.1 Å². The highest BCUT2D eigenvalue weighted by Gasteiger charge is 2.42. The van der Waals surface area contributed by atoms with Crippen molar-refractivity contribution >= 4 is 22.9 Å². The summed E-state index contributed by atoms with van der Waals surface area (Å²) in [7, 11) is 0. The number of para-hydroxylation sites is 2. The first-order valence-electron chi connectivity index (χ1n) is 6.88. The van der Waals surface area contributed by atoms with Crippen molar-refractivity contribution in [3.63, 3.8) is 0 Å². The zero-order valence-electron chi connectivity index (χ0n) is 11.8. The van der Waals surface area contributed by atoms with Crippen LogP contribution in [0.4, 0.5) is 0 Å². The molecule has 2 heterocycles. The fraction of sp³-hybridized carbons (Fsp3) is 0.0625. The smallest absolute Gasteiger partial charge is 0.278 e. The summed E-state index contributed by atoms with van der Waals surface area (Å²) >= 11 is 0. The minimum atomic E-state index is -1.01. The van der Waals surface area contributed by atoms with E-state index in [1.54, 1.807) is 30.3 Å². The lowest BCUT2D eigenvalue weighted by Crippen LogP contribution is -2.25. The Bertz CT molecular complexity index is 930. The second-order valence-corrected chi connectivity index (χ2v) is 5.20. The van der Waals surface area contributed by atoms with E-state index in [0.717, 1.165) is 0 Å². The zero-order chi connectivity index (χ0) is 16.1. The van der Waals surface area contributed by atoms with Crippen LogP contribution in [-0.2, 0) is 0 Å². The van der Waals surface area contributed by atoms with Gasteiger partial charge in [0.05, 0.1) is 0 Å². The number of primary amides is 1. The first-order valence-corrected chi connectivity index (χ1v) is 6.88. The molecule has 3 N–H and O–H groups in total. The van der Waals surface area contributed by atoms with Crippen LogP contribution < -0.4 is 5.73 Å². The van der Waals surface area contributed by atoms with E-state index in [0.29, 0.717) is 21.7 Å². The number of benzene rings is 2. The molecule has 7 heteroatoms. The summed E-state index contributed by atoms with van der Waals surface area (Å²) in [6.07, 6.45) is 0. The van der Waals surface area contributed by atoms with Gasteiger partial charge in [0, 0.05) is 16.7 Å². The molecule has 4 rings (SSSR count). The molecule has 1 aliphatic heterocycles. The number of amides is 2. The Labute approximate surface area is 129 Å². The summed E-state index contributed by atoms with van der Waals surface area (Å²) in [6.45, 7) is 0. The van der Waals surface area contributed by atoms with Crippen molar-refractivity contribution in [1.82, 2.24) is 10.0 Å². The number of hydroxylamine groups is 2. The lowest BCUT2D eigenvalue weighted by atomic mass is 9.97. The number of oxazole rings is 1. The molecule has 114 valence electrons. The van der Waals surface area contributed by atoms with Crippen molar-refractivity contribution in [1.29, 1.82) is 0 Å². The highest BCUT2D eigenvalue weighted by atomic mass is 16.5. The van der Waals surface area contributed by atoms with E-state index in [4.69, 9.17) is 10.2 Å².